The summed E-state index contributed by atoms with van der Waals surface area (Å²) < 4.78 is 0. The first-order valence-corrected chi connectivity index (χ1v) is 5.22. The molecule has 0 saturated heterocycles. The van der Waals surface area contributed by atoms with Crippen LogP contribution in [0.2, 0.25) is 0 Å². The molecule has 0 unspecified atom stereocenters. The fraction of sp³-hybridized carbons (Fsp3) is 0.500. The maximum atomic E-state index is 11.7. The molecule has 1 aromatic rings. The smallest absolute Gasteiger partial charge is 0.256 e. The maximum absolute atomic E-state index is 11.7. The molecule has 0 fully saturated rings. The summed E-state index contributed by atoms with van der Waals surface area (Å²) in [5.74, 6) is -0.193. The zero-order valence-electron chi connectivity index (χ0n) is 10.2. The number of aromatic amines is 1. The van der Waals surface area contributed by atoms with Gasteiger partial charge in [0.05, 0.1) is 0 Å². The van der Waals surface area contributed by atoms with Gasteiger partial charge in [-0.15, -0.1) is 0 Å². The Morgan fingerprint density at radius 3 is 2.59 bits per heavy atom. The van der Waals surface area contributed by atoms with Gasteiger partial charge in [-0.1, -0.05) is 0 Å². The zero-order chi connectivity index (χ0) is 13.0. The Morgan fingerprint density at radius 1 is 1.47 bits per heavy atom. The van der Waals surface area contributed by atoms with E-state index in [0.717, 1.165) is 0 Å². The topological polar surface area (TPSA) is 104 Å². The monoisotopic (exact) mass is 239 g/mol. The second kappa shape index (κ2) is 5.33. The molecule has 0 aliphatic carbocycles. The van der Waals surface area contributed by atoms with E-state index >= 15 is 0 Å². The number of aromatic nitrogens is 2. The highest BCUT2D eigenvalue weighted by Gasteiger charge is 2.15. The minimum absolute atomic E-state index is 0.0396. The molecule has 17 heavy (non-hydrogen) atoms. The number of carbonyl (C=O) groups excluding carboxylic acids is 2. The predicted octanol–water partition coefficient (Wildman–Crippen LogP) is -0.492. The lowest BCUT2D eigenvalue weighted by Crippen LogP contribution is -2.30. The van der Waals surface area contributed by atoms with Crippen molar-refractivity contribution in [2.45, 2.75) is 13.3 Å². The first-order chi connectivity index (χ1) is 7.93. The average molecular weight is 239 g/mol. The summed E-state index contributed by atoms with van der Waals surface area (Å²) in [4.78, 5) is 24.5. The molecule has 94 valence electrons. The molecular weight excluding hydrogens is 222 g/mol. The van der Waals surface area contributed by atoms with Crippen LogP contribution in [-0.2, 0) is 4.79 Å². The third-order valence-corrected chi connectivity index (χ3v) is 2.33. The van der Waals surface area contributed by atoms with E-state index in [1.807, 2.05) is 0 Å². The number of hydrogen-bond acceptors (Lipinski definition) is 4. The summed E-state index contributed by atoms with van der Waals surface area (Å²) in [7, 11) is 3.34. The second-order valence-electron chi connectivity index (χ2n) is 3.90. The van der Waals surface area contributed by atoms with E-state index in [4.69, 9.17) is 5.73 Å². The number of carbonyl (C=O) groups is 2. The largest absolute Gasteiger partial charge is 0.382 e. The van der Waals surface area contributed by atoms with Crippen molar-refractivity contribution in [1.29, 1.82) is 0 Å². The predicted molar refractivity (Wildman–Crippen MR) is 63.4 cm³/mol. The van der Waals surface area contributed by atoms with Gasteiger partial charge in [0.2, 0.25) is 5.91 Å². The standard InChI is InChI=1S/C10H17N5O2/c1-6-8(9(11)14-13-6)10(17)12-5-4-7(16)15(2)3/h4-5H2,1-3H3,(H,12,17)(H3,11,13,14). The lowest BCUT2D eigenvalue weighted by atomic mass is 10.2. The van der Waals surface area contributed by atoms with Gasteiger partial charge >= 0.3 is 0 Å². The Morgan fingerprint density at radius 2 is 2.12 bits per heavy atom. The van der Waals surface area contributed by atoms with Crippen molar-refractivity contribution in [3.05, 3.63) is 11.3 Å². The van der Waals surface area contributed by atoms with E-state index in [-0.39, 0.29) is 30.6 Å². The SMILES string of the molecule is Cc1[nH]nc(N)c1C(=O)NCCC(=O)N(C)C. The summed E-state index contributed by atoms with van der Waals surface area (Å²) in [6.45, 7) is 1.99. The first kappa shape index (κ1) is 13.0. The highest BCUT2D eigenvalue weighted by Crippen LogP contribution is 2.11. The molecule has 2 amide bonds. The molecule has 0 saturated carbocycles. The van der Waals surface area contributed by atoms with Crippen LogP contribution in [0.15, 0.2) is 0 Å². The lowest BCUT2D eigenvalue weighted by molar-refractivity contribution is -0.128. The molecule has 0 atom stereocenters. The third kappa shape index (κ3) is 3.20. The minimum atomic E-state index is -0.319. The van der Waals surface area contributed by atoms with E-state index in [2.05, 4.69) is 15.5 Å². The highest BCUT2D eigenvalue weighted by molar-refractivity contribution is 5.99. The van der Waals surface area contributed by atoms with E-state index in [9.17, 15) is 9.59 Å². The van der Waals surface area contributed by atoms with Crippen molar-refractivity contribution in [2.24, 2.45) is 0 Å². The van der Waals surface area contributed by atoms with Gasteiger partial charge in [-0.25, -0.2) is 0 Å². The van der Waals surface area contributed by atoms with Crippen molar-refractivity contribution in [1.82, 2.24) is 20.4 Å². The number of nitrogen functional groups attached to an aromatic ring is 1. The number of nitrogens with one attached hydrogen (secondary N) is 2. The Labute approximate surface area is 99.4 Å². The van der Waals surface area contributed by atoms with Gasteiger partial charge in [0.15, 0.2) is 5.82 Å². The molecule has 1 heterocycles. The fourth-order valence-electron chi connectivity index (χ4n) is 1.33. The van der Waals surface area contributed by atoms with Gasteiger partial charge in [0, 0.05) is 32.8 Å². The van der Waals surface area contributed by atoms with Crippen LogP contribution in [0.5, 0.6) is 0 Å². The van der Waals surface area contributed by atoms with Gasteiger partial charge in [0.1, 0.15) is 5.56 Å². The van der Waals surface area contributed by atoms with Crippen LogP contribution < -0.4 is 11.1 Å². The van der Waals surface area contributed by atoms with Gasteiger partial charge in [-0.3, -0.25) is 14.7 Å². The first-order valence-electron chi connectivity index (χ1n) is 5.22. The molecule has 7 nitrogen and oxygen atoms in total. The summed E-state index contributed by atoms with van der Waals surface area (Å²) in [5.41, 5.74) is 6.49. The van der Waals surface area contributed by atoms with Gasteiger partial charge in [-0.2, -0.15) is 5.10 Å². The highest BCUT2D eigenvalue weighted by atomic mass is 16.2. The molecule has 0 aliphatic rings. The molecule has 0 spiro atoms. The van der Waals surface area contributed by atoms with Crippen LogP contribution in [-0.4, -0.2) is 47.6 Å². The zero-order valence-corrected chi connectivity index (χ0v) is 10.2. The van der Waals surface area contributed by atoms with Gasteiger partial charge in [0.25, 0.3) is 5.91 Å². The average Bonchev–Trinajstić information content (AvgIpc) is 2.58. The Bertz CT molecular complexity index is 405. The lowest BCUT2D eigenvalue weighted by Gasteiger charge is -2.10. The van der Waals surface area contributed by atoms with Crippen LogP contribution in [0.1, 0.15) is 22.5 Å². The van der Waals surface area contributed by atoms with Crippen molar-refractivity contribution in [3.63, 3.8) is 0 Å². The van der Waals surface area contributed by atoms with Crippen LogP contribution in [0, 0.1) is 6.92 Å². The van der Waals surface area contributed by atoms with E-state index in [1.165, 1.54) is 4.90 Å². The third-order valence-electron chi connectivity index (χ3n) is 2.33. The molecular formula is C10H17N5O2. The van der Waals surface area contributed by atoms with E-state index in [1.54, 1.807) is 21.0 Å². The van der Waals surface area contributed by atoms with Crippen LogP contribution >= 0.6 is 0 Å². The van der Waals surface area contributed by atoms with Crippen molar-refractivity contribution in [2.75, 3.05) is 26.4 Å². The van der Waals surface area contributed by atoms with E-state index < -0.39 is 0 Å². The van der Waals surface area contributed by atoms with Crippen LogP contribution in [0.25, 0.3) is 0 Å². The summed E-state index contributed by atoms with van der Waals surface area (Å²) in [5, 5.41) is 8.98. The van der Waals surface area contributed by atoms with Crippen LogP contribution in [0.3, 0.4) is 0 Å². The van der Waals surface area contributed by atoms with Crippen molar-refractivity contribution in [3.8, 4) is 0 Å². The summed E-state index contributed by atoms with van der Waals surface area (Å²) >= 11 is 0. The maximum Gasteiger partial charge on any atom is 0.256 e. The molecule has 7 heteroatoms. The molecule has 4 N–H and O–H groups in total. The number of nitrogens with zero attached hydrogens (tertiary/aromatic N) is 2. The Hall–Kier alpha value is -2.05. The molecule has 1 aromatic heterocycles. The fourth-order valence-corrected chi connectivity index (χ4v) is 1.33. The van der Waals surface area contributed by atoms with Gasteiger partial charge < -0.3 is 16.0 Å². The number of aryl methyl sites for hydroxylation is 1. The molecule has 0 aliphatic heterocycles. The van der Waals surface area contributed by atoms with E-state index in [0.29, 0.717) is 11.3 Å². The number of amides is 2. The number of anilines is 1. The van der Waals surface area contributed by atoms with Crippen molar-refractivity contribution < 1.29 is 9.59 Å². The number of nitrogens with two attached hydrogens (primary N) is 1. The number of rotatable bonds is 4. The molecule has 1 rings (SSSR count). The quantitative estimate of drug-likeness (QED) is 0.659. The van der Waals surface area contributed by atoms with Crippen molar-refractivity contribution >= 4 is 17.6 Å². The molecule has 0 radical (unpaired) electrons. The number of hydrogen-bond donors (Lipinski definition) is 3. The summed E-state index contributed by atoms with van der Waals surface area (Å²) in [6.07, 6.45) is 0.259. The summed E-state index contributed by atoms with van der Waals surface area (Å²) in [6, 6.07) is 0. The number of H-pyrrole nitrogens is 1. The molecule has 0 aromatic carbocycles. The minimum Gasteiger partial charge on any atom is -0.382 e. The van der Waals surface area contributed by atoms with Gasteiger partial charge in [-0.05, 0) is 6.92 Å². The molecule has 0 bridgehead atoms. The van der Waals surface area contributed by atoms with Crippen LogP contribution in [0.4, 0.5) is 5.82 Å². The second-order valence-corrected chi connectivity index (χ2v) is 3.90. The normalized spacial score (nSPS) is 10.1. The Kier molecular flexibility index (Phi) is 4.08. The Balaban J connectivity index is 2.49.